The molecule has 1 atom stereocenters. The van der Waals surface area contributed by atoms with Crippen LogP contribution in [0.1, 0.15) is 19.3 Å². The van der Waals surface area contributed by atoms with Gasteiger partial charge in [0.15, 0.2) is 0 Å². The lowest BCUT2D eigenvalue weighted by Gasteiger charge is -2.14. The van der Waals surface area contributed by atoms with Crippen molar-refractivity contribution in [2.75, 3.05) is 19.8 Å². The smallest absolute Gasteiger partial charge is 0.408 e. The van der Waals surface area contributed by atoms with Gasteiger partial charge in [0, 0.05) is 6.54 Å². The van der Waals surface area contributed by atoms with Gasteiger partial charge in [-0.05, 0) is 19.3 Å². The highest BCUT2D eigenvalue weighted by atomic mass is 16.6. The van der Waals surface area contributed by atoms with E-state index in [9.17, 15) is 14.4 Å². The Balaban J connectivity index is 3.89. The van der Waals surface area contributed by atoms with Gasteiger partial charge >= 0.3 is 18.2 Å². The Hall–Kier alpha value is -2.51. The minimum absolute atomic E-state index is 0.00884. The van der Waals surface area contributed by atoms with Gasteiger partial charge in [-0.2, -0.15) is 0 Å². The first-order valence-electron chi connectivity index (χ1n) is 6.79. The number of carboxylic acids is 1. The van der Waals surface area contributed by atoms with E-state index >= 15 is 0 Å². The van der Waals surface area contributed by atoms with E-state index in [0.29, 0.717) is 19.4 Å². The van der Waals surface area contributed by atoms with E-state index < -0.39 is 24.2 Å². The van der Waals surface area contributed by atoms with Crippen LogP contribution in [0.25, 0.3) is 0 Å². The summed E-state index contributed by atoms with van der Waals surface area (Å²) >= 11 is 0. The summed E-state index contributed by atoms with van der Waals surface area (Å²) in [6.07, 6.45) is 2.75. The number of aliphatic carboxylic acids is 1. The molecule has 0 aromatic heterocycles. The van der Waals surface area contributed by atoms with Crippen LogP contribution in [0, 0.1) is 0 Å². The van der Waals surface area contributed by atoms with E-state index in [1.807, 2.05) is 0 Å². The fourth-order valence-electron chi connectivity index (χ4n) is 1.43. The number of carboxylic acid groups (broad SMARTS) is 1. The largest absolute Gasteiger partial charge is 0.480 e. The number of ether oxygens (including phenoxy) is 2. The molecule has 3 N–H and O–H groups in total. The highest BCUT2D eigenvalue weighted by Gasteiger charge is 2.19. The van der Waals surface area contributed by atoms with Crippen LogP contribution >= 0.6 is 0 Å². The SMILES string of the molecule is C=CCOC(=O)NCCCC[C@H](NC(=O)OCC=C)C(=O)O. The fraction of sp³-hybridized carbons (Fsp3) is 0.500. The van der Waals surface area contributed by atoms with E-state index in [0.717, 1.165) is 0 Å². The first-order chi connectivity index (χ1) is 10.5. The quantitative estimate of drug-likeness (QED) is 0.393. The average molecular weight is 314 g/mol. The Morgan fingerprint density at radius 1 is 1.05 bits per heavy atom. The monoisotopic (exact) mass is 314 g/mol. The Bertz CT molecular complexity index is 397. The van der Waals surface area contributed by atoms with E-state index in [1.54, 1.807) is 0 Å². The second-order valence-corrected chi connectivity index (χ2v) is 4.23. The zero-order valence-electron chi connectivity index (χ0n) is 12.4. The van der Waals surface area contributed by atoms with Crippen LogP contribution in [0.2, 0.25) is 0 Å². The molecule has 8 nitrogen and oxygen atoms in total. The van der Waals surface area contributed by atoms with Gasteiger partial charge in [-0.25, -0.2) is 14.4 Å². The number of rotatable bonds is 11. The number of alkyl carbamates (subject to hydrolysis) is 2. The number of carbonyl (C=O) groups is 3. The third-order valence-corrected chi connectivity index (χ3v) is 2.44. The molecule has 22 heavy (non-hydrogen) atoms. The molecule has 0 aliphatic rings. The molecule has 0 aliphatic heterocycles. The number of unbranched alkanes of at least 4 members (excludes halogenated alkanes) is 1. The minimum Gasteiger partial charge on any atom is -0.480 e. The van der Waals surface area contributed by atoms with Crippen LogP contribution in [0.4, 0.5) is 9.59 Å². The standard InChI is InChI=1S/C14H22N2O6/c1-3-9-21-13(19)15-8-6-5-7-11(12(17)18)16-14(20)22-10-4-2/h3-4,11H,1-2,5-10H2,(H,15,19)(H,16,20)(H,17,18)/t11-/m0/s1. The molecule has 0 rings (SSSR count). The lowest BCUT2D eigenvalue weighted by atomic mass is 10.1. The van der Waals surface area contributed by atoms with Crippen LogP contribution in [-0.4, -0.2) is 49.1 Å². The van der Waals surface area contributed by atoms with Gasteiger partial charge in [0.25, 0.3) is 0 Å². The molecule has 0 bridgehead atoms. The molecule has 0 fully saturated rings. The summed E-state index contributed by atoms with van der Waals surface area (Å²) in [5, 5.41) is 13.8. The molecule has 0 saturated heterocycles. The van der Waals surface area contributed by atoms with Gasteiger partial charge in [-0.1, -0.05) is 25.3 Å². The molecule has 2 amide bonds. The van der Waals surface area contributed by atoms with Gasteiger partial charge < -0.3 is 25.2 Å². The summed E-state index contributed by atoms with van der Waals surface area (Å²) in [5.41, 5.74) is 0. The van der Waals surface area contributed by atoms with Gasteiger partial charge in [0.05, 0.1) is 0 Å². The third-order valence-electron chi connectivity index (χ3n) is 2.44. The Labute approximate surface area is 129 Å². The van der Waals surface area contributed by atoms with E-state index in [1.165, 1.54) is 12.2 Å². The molecule has 0 spiro atoms. The normalized spacial score (nSPS) is 10.9. The van der Waals surface area contributed by atoms with Gasteiger partial charge in [0.1, 0.15) is 19.3 Å². The summed E-state index contributed by atoms with van der Waals surface area (Å²) in [6.45, 7) is 7.28. The molecule has 0 saturated carbocycles. The third kappa shape index (κ3) is 10.3. The van der Waals surface area contributed by atoms with Crippen molar-refractivity contribution >= 4 is 18.2 Å². The summed E-state index contributed by atoms with van der Waals surface area (Å²) < 4.78 is 9.36. The fourth-order valence-corrected chi connectivity index (χ4v) is 1.43. The van der Waals surface area contributed by atoms with Crippen LogP contribution in [0.3, 0.4) is 0 Å². The number of amides is 2. The van der Waals surface area contributed by atoms with E-state index in [4.69, 9.17) is 9.84 Å². The zero-order valence-corrected chi connectivity index (χ0v) is 12.4. The van der Waals surface area contributed by atoms with Crippen LogP contribution in [-0.2, 0) is 14.3 Å². The van der Waals surface area contributed by atoms with Crippen LogP contribution in [0.15, 0.2) is 25.3 Å². The first kappa shape index (κ1) is 19.5. The second-order valence-electron chi connectivity index (χ2n) is 4.23. The molecular formula is C14H22N2O6. The molecule has 0 aromatic carbocycles. The number of nitrogens with one attached hydrogen (secondary N) is 2. The van der Waals surface area contributed by atoms with Gasteiger partial charge in [0.2, 0.25) is 0 Å². The average Bonchev–Trinajstić information content (AvgIpc) is 2.49. The van der Waals surface area contributed by atoms with Crippen molar-refractivity contribution in [3.63, 3.8) is 0 Å². The predicted octanol–water partition coefficient (Wildman–Crippen LogP) is 1.43. The lowest BCUT2D eigenvalue weighted by molar-refractivity contribution is -0.139. The Morgan fingerprint density at radius 2 is 1.64 bits per heavy atom. The van der Waals surface area contributed by atoms with Gasteiger partial charge in [-0.15, -0.1) is 0 Å². The van der Waals surface area contributed by atoms with Crippen molar-refractivity contribution in [1.29, 1.82) is 0 Å². The maximum absolute atomic E-state index is 11.3. The van der Waals surface area contributed by atoms with Crippen molar-refractivity contribution in [3.8, 4) is 0 Å². The maximum Gasteiger partial charge on any atom is 0.408 e. The summed E-state index contributed by atoms with van der Waals surface area (Å²) in [4.78, 5) is 33.4. The number of carbonyl (C=O) groups excluding carboxylic acids is 2. The summed E-state index contributed by atoms with van der Waals surface area (Å²) in [5.74, 6) is -1.14. The zero-order chi connectivity index (χ0) is 16.8. The molecule has 0 unspecified atom stereocenters. The summed E-state index contributed by atoms with van der Waals surface area (Å²) in [6, 6.07) is -1.04. The maximum atomic E-state index is 11.3. The van der Waals surface area contributed by atoms with Crippen molar-refractivity contribution in [2.24, 2.45) is 0 Å². The second kappa shape index (κ2) is 12.2. The predicted molar refractivity (Wildman–Crippen MR) is 79.5 cm³/mol. The molecule has 8 heteroatoms. The van der Waals surface area contributed by atoms with Crippen molar-refractivity contribution in [2.45, 2.75) is 25.3 Å². The highest BCUT2D eigenvalue weighted by molar-refractivity contribution is 5.79. The minimum atomic E-state index is -1.14. The van der Waals surface area contributed by atoms with Crippen LogP contribution < -0.4 is 10.6 Å². The summed E-state index contributed by atoms with van der Waals surface area (Å²) in [7, 11) is 0. The van der Waals surface area contributed by atoms with Crippen molar-refractivity contribution in [3.05, 3.63) is 25.3 Å². The molecule has 0 aromatic rings. The lowest BCUT2D eigenvalue weighted by Crippen LogP contribution is -2.41. The molecule has 0 aliphatic carbocycles. The Kier molecular flexibility index (Phi) is 10.9. The van der Waals surface area contributed by atoms with Crippen molar-refractivity contribution < 1.29 is 29.0 Å². The molecule has 124 valence electrons. The van der Waals surface area contributed by atoms with E-state index in [2.05, 4.69) is 28.5 Å². The highest BCUT2D eigenvalue weighted by Crippen LogP contribution is 2.02. The molecular weight excluding hydrogens is 292 g/mol. The Morgan fingerprint density at radius 3 is 2.18 bits per heavy atom. The topological polar surface area (TPSA) is 114 Å². The first-order valence-corrected chi connectivity index (χ1v) is 6.79. The molecule has 0 radical (unpaired) electrons. The number of hydrogen-bond donors (Lipinski definition) is 3. The van der Waals surface area contributed by atoms with Crippen LogP contribution in [0.5, 0.6) is 0 Å². The van der Waals surface area contributed by atoms with E-state index in [-0.39, 0.29) is 19.6 Å². The number of hydrogen-bond acceptors (Lipinski definition) is 5. The van der Waals surface area contributed by atoms with Gasteiger partial charge in [-0.3, -0.25) is 0 Å². The van der Waals surface area contributed by atoms with Crippen molar-refractivity contribution in [1.82, 2.24) is 10.6 Å². The molecule has 0 heterocycles.